The van der Waals surface area contributed by atoms with E-state index in [4.69, 9.17) is 4.42 Å². The zero-order valence-corrected chi connectivity index (χ0v) is 15.8. The van der Waals surface area contributed by atoms with Gasteiger partial charge in [-0.3, -0.25) is 19.5 Å². The van der Waals surface area contributed by atoms with Gasteiger partial charge in [0.05, 0.1) is 11.9 Å². The van der Waals surface area contributed by atoms with Gasteiger partial charge >= 0.3 is 11.8 Å². The molecule has 2 aromatic rings. The van der Waals surface area contributed by atoms with Crippen molar-refractivity contribution in [3.05, 3.63) is 47.7 Å². The van der Waals surface area contributed by atoms with E-state index in [0.717, 1.165) is 44.0 Å². The minimum Gasteiger partial charge on any atom is -0.466 e. The maximum atomic E-state index is 12.0. The Kier molecular flexibility index (Phi) is 6.24. The molecule has 1 fully saturated rings. The highest BCUT2D eigenvalue weighted by molar-refractivity contribution is 6.39. The van der Waals surface area contributed by atoms with Gasteiger partial charge in [-0.2, -0.15) is 0 Å². The quantitative estimate of drug-likeness (QED) is 0.789. The van der Waals surface area contributed by atoms with Crippen LogP contribution in [0.25, 0.3) is 0 Å². The average Bonchev–Trinajstić information content (AvgIpc) is 2.98. The first kappa shape index (κ1) is 19.1. The molecule has 0 saturated carbocycles. The highest BCUT2D eigenvalue weighted by Crippen LogP contribution is 2.21. The van der Waals surface area contributed by atoms with Crippen molar-refractivity contribution in [1.29, 1.82) is 0 Å². The molecule has 3 rings (SSSR count). The fourth-order valence-electron chi connectivity index (χ4n) is 3.37. The van der Waals surface area contributed by atoms with Gasteiger partial charge in [0, 0.05) is 24.8 Å². The second kappa shape index (κ2) is 8.81. The molecule has 2 amide bonds. The van der Waals surface area contributed by atoms with Crippen molar-refractivity contribution in [3.63, 3.8) is 0 Å². The third-order valence-electron chi connectivity index (χ3n) is 4.92. The minimum atomic E-state index is -0.661. The number of pyridine rings is 1. The molecule has 0 radical (unpaired) electrons. The van der Waals surface area contributed by atoms with E-state index in [2.05, 4.69) is 26.6 Å². The standard InChI is InChI=1S/C20H26N4O3/c1-14-10-17(15(2)27-14)13-24-8-5-16(6-9-24)11-22-19(25)20(26)23-18-4-3-7-21-12-18/h3-4,7,10,12,16H,5-6,8-9,11,13H2,1-2H3,(H,22,25)(H,23,26). The number of nitrogens with zero attached hydrogens (tertiary/aromatic N) is 2. The number of aryl methyl sites for hydroxylation is 2. The summed E-state index contributed by atoms with van der Waals surface area (Å²) in [5.74, 6) is 1.06. The highest BCUT2D eigenvalue weighted by atomic mass is 16.3. The number of hydrogen-bond acceptors (Lipinski definition) is 5. The molecule has 1 aliphatic rings. The van der Waals surface area contributed by atoms with Crippen molar-refractivity contribution in [2.75, 3.05) is 25.0 Å². The van der Waals surface area contributed by atoms with E-state index in [9.17, 15) is 9.59 Å². The molecule has 3 heterocycles. The Balaban J connectivity index is 1.38. The summed E-state index contributed by atoms with van der Waals surface area (Å²) in [6, 6.07) is 5.49. The maximum Gasteiger partial charge on any atom is 0.313 e. The fraction of sp³-hybridized carbons (Fsp3) is 0.450. The largest absolute Gasteiger partial charge is 0.466 e. The van der Waals surface area contributed by atoms with Gasteiger partial charge in [0.1, 0.15) is 11.5 Å². The van der Waals surface area contributed by atoms with Crippen LogP contribution in [0.2, 0.25) is 0 Å². The van der Waals surface area contributed by atoms with Crippen LogP contribution in [0.1, 0.15) is 29.9 Å². The number of carbonyl (C=O) groups is 2. The predicted octanol–water partition coefficient (Wildman–Crippen LogP) is 2.26. The molecular formula is C20H26N4O3. The summed E-state index contributed by atoms with van der Waals surface area (Å²) in [5, 5.41) is 5.28. The molecule has 0 atom stereocenters. The van der Waals surface area contributed by atoms with Crippen molar-refractivity contribution in [2.24, 2.45) is 5.92 Å². The van der Waals surface area contributed by atoms with Crippen LogP contribution in [-0.4, -0.2) is 41.3 Å². The number of likely N-dealkylation sites (tertiary alicyclic amines) is 1. The number of furan rings is 1. The first-order chi connectivity index (χ1) is 13.0. The van der Waals surface area contributed by atoms with Crippen LogP contribution in [0.15, 0.2) is 35.0 Å². The zero-order chi connectivity index (χ0) is 19.2. The first-order valence-corrected chi connectivity index (χ1v) is 9.28. The monoisotopic (exact) mass is 370 g/mol. The number of anilines is 1. The number of amides is 2. The Morgan fingerprint density at radius 3 is 2.67 bits per heavy atom. The topological polar surface area (TPSA) is 87.5 Å². The van der Waals surface area contributed by atoms with Crippen molar-refractivity contribution < 1.29 is 14.0 Å². The Morgan fingerprint density at radius 1 is 1.26 bits per heavy atom. The third kappa shape index (κ3) is 5.40. The second-order valence-corrected chi connectivity index (χ2v) is 7.06. The Hall–Kier alpha value is -2.67. The summed E-state index contributed by atoms with van der Waals surface area (Å²) in [5.41, 5.74) is 1.75. The number of carbonyl (C=O) groups excluding carboxylic acids is 2. The van der Waals surface area contributed by atoms with Gasteiger partial charge in [0.2, 0.25) is 0 Å². The molecule has 2 N–H and O–H groups in total. The maximum absolute atomic E-state index is 12.0. The van der Waals surface area contributed by atoms with Gasteiger partial charge in [-0.25, -0.2) is 0 Å². The van der Waals surface area contributed by atoms with Gasteiger partial charge in [-0.1, -0.05) is 0 Å². The van der Waals surface area contributed by atoms with Crippen LogP contribution in [0.5, 0.6) is 0 Å². The Labute approximate surface area is 159 Å². The summed E-state index contributed by atoms with van der Waals surface area (Å²) < 4.78 is 5.59. The molecule has 0 unspecified atom stereocenters. The van der Waals surface area contributed by atoms with Crippen molar-refractivity contribution >= 4 is 17.5 Å². The number of hydrogen-bond donors (Lipinski definition) is 2. The van der Waals surface area contributed by atoms with Crippen molar-refractivity contribution in [2.45, 2.75) is 33.2 Å². The fourth-order valence-corrected chi connectivity index (χ4v) is 3.37. The van der Waals surface area contributed by atoms with E-state index in [0.29, 0.717) is 18.2 Å². The van der Waals surface area contributed by atoms with Crippen LogP contribution in [0, 0.1) is 19.8 Å². The predicted molar refractivity (Wildman–Crippen MR) is 102 cm³/mol. The number of aromatic nitrogens is 1. The van der Waals surface area contributed by atoms with E-state index in [1.165, 1.54) is 11.8 Å². The summed E-state index contributed by atoms with van der Waals surface area (Å²) >= 11 is 0. The lowest BCUT2D eigenvalue weighted by atomic mass is 9.96. The summed E-state index contributed by atoms with van der Waals surface area (Å²) in [7, 11) is 0. The molecule has 0 aromatic carbocycles. The molecule has 7 heteroatoms. The smallest absolute Gasteiger partial charge is 0.313 e. The second-order valence-electron chi connectivity index (χ2n) is 7.06. The Morgan fingerprint density at radius 2 is 2.04 bits per heavy atom. The molecule has 144 valence electrons. The summed E-state index contributed by atoms with van der Waals surface area (Å²) in [4.78, 5) is 30.2. The number of piperidine rings is 1. The normalized spacial score (nSPS) is 15.5. The molecule has 1 saturated heterocycles. The molecule has 1 aliphatic heterocycles. The Bertz CT molecular complexity index is 780. The van der Waals surface area contributed by atoms with Crippen LogP contribution >= 0.6 is 0 Å². The van der Waals surface area contributed by atoms with E-state index >= 15 is 0 Å². The van der Waals surface area contributed by atoms with Crippen LogP contribution in [0.3, 0.4) is 0 Å². The van der Waals surface area contributed by atoms with Gasteiger partial charge in [0.25, 0.3) is 0 Å². The molecule has 0 bridgehead atoms. The van der Waals surface area contributed by atoms with E-state index in [-0.39, 0.29) is 0 Å². The summed E-state index contributed by atoms with van der Waals surface area (Å²) in [6.45, 7) is 7.35. The van der Waals surface area contributed by atoms with Gasteiger partial charge < -0.3 is 15.1 Å². The van der Waals surface area contributed by atoms with E-state index in [1.807, 2.05) is 13.8 Å². The summed E-state index contributed by atoms with van der Waals surface area (Å²) in [6.07, 6.45) is 5.11. The molecule has 7 nitrogen and oxygen atoms in total. The van der Waals surface area contributed by atoms with Gasteiger partial charge in [-0.05, 0) is 63.9 Å². The van der Waals surface area contributed by atoms with Crippen LogP contribution in [0.4, 0.5) is 5.69 Å². The lowest BCUT2D eigenvalue weighted by molar-refractivity contribution is -0.136. The van der Waals surface area contributed by atoms with Gasteiger partial charge in [-0.15, -0.1) is 0 Å². The molecule has 0 spiro atoms. The van der Waals surface area contributed by atoms with Crippen LogP contribution < -0.4 is 10.6 Å². The average molecular weight is 370 g/mol. The van der Waals surface area contributed by atoms with Crippen molar-refractivity contribution in [3.8, 4) is 0 Å². The number of nitrogens with one attached hydrogen (secondary N) is 2. The first-order valence-electron chi connectivity index (χ1n) is 9.28. The van der Waals surface area contributed by atoms with Gasteiger partial charge in [0.15, 0.2) is 0 Å². The third-order valence-corrected chi connectivity index (χ3v) is 4.92. The molecule has 0 aliphatic carbocycles. The minimum absolute atomic E-state index is 0.392. The molecule has 2 aromatic heterocycles. The van der Waals surface area contributed by atoms with E-state index < -0.39 is 11.8 Å². The lowest BCUT2D eigenvalue weighted by Crippen LogP contribution is -2.41. The highest BCUT2D eigenvalue weighted by Gasteiger charge is 2.22. The van der Waals surface area contributed by atoms with E-state index in [1.54, 1.807) is 18.3 Å². The van der Waals surface area contributed by atoms with Crippen molar-refractivity contribution in [1.82, 2.24) is 15.2 Å². The lowest BCUT2D eigenvalue weighted by Gasteiger charge is -2.31. The molecule has 27 heavy (non-hydrogen) atoms. The van der Waals surface area contributed by atoms with Crippen LogP contribution in [-0.2, 0) is 16.1 Å². The molecular weight excluding hydrogens is 344 g/mol. The number of rotatable bonds is 5. The zero-order valence-electron chi connectivity index (χ0n) is 15.8. The SMILES string of the molecule is Cc1cc(CN2CCC(CNC(=O)C(=O)Nc3cccnc3)CC2)c(C)o1.